The Morgan fingerprint density at radius 2 is 2.26 bits per heavy atom. The van der Waals surface area contributed by atoms with Gasteiger partial charge in [-0.15, -0.1) is 10.2 Å². The Bertz CT molecular complexity index is 470. The molecule has 0 aliphatic carbocycles. The first-order chi connectivity index (χ1) is 9.19. The summed E-state index contributed by atoms with van der Waals surface area (Å²) < 4.78 is 11.2. The number of carboxylic acids is 1. The molecule has 2 aliphatic rings. The van der Waals surface area contributed by atoms with Gasteiger partial charge in [-0.2, -0.15) is 0 Å². The molecular formula is C12H15N3O4. The number of carboxylic acid groups (broad SMARTS) is 1. The molecule has 0 amide bonds. The fourth-order valence-corrected chi connectivity index (χ4v) is 2.48. The van der Waals surface area contributed by atoms with Crippen molar-refractivity contribution in [3.8, 4) is 0 Å². The van der Waals surface area contributed by atoms with Crippen LogP contribution < -0.4 is 4.90 Å². The molecule has 0 radical (unpaired) electrons. The van der Waals surface area contributed by atoms with Crippen LogP contribution in [0.1, 0.15) is 16.9 Å². The average molecular weight is 265 g/mol. The van der Waals surface area contributed by atoms with Crippen molar-refractivity contribution in [3.05, 3.63) is 17.8 Å². The Hall–Kier alpha value is -1.73. The smallest absolute Gasteiger partial charge is 0.356 e. The normalized spacial score (nSPS) is 26.8. The van der Waals surface area contributed by atoms with Crippen LogP contribution in [-0.2, 0) is 9.47 Å². The van der Waals surface area contributed by atoms with Crippen LogP contribution in [0.25, 0.3) is 0 Å². The van der Waals surface area contributed by atoms with Gasteiger partial charge in [0.05, 0.1) is 19.8 Å². The van der Waals surface area contributed by atoms with Crippen molar-refractivity contribution in [1.29, 1.82) is 0 Å². The molecule has 1 unspecified atom stereocenters. The number of anilines is 1. The van der Waals surface area contributed by atoms with E-state index in [0.717, 1.165) is 19.6 Å². The van der Waals surface area contributed by atoms with Crippen LogP contribution in [0.3, 0.4) is 0 Å². The zero-order valence-electron chi connectivity index (χ0n) is 10.4. The third kappa shape index (κ3) is 2.39. The van der Waals surface area contributed by atoms with Gasteiger partial charge in [-0.25, -0.2) is 4.79 Å². The number of morpholine rings is 1. The van der Waals surface area contributed by atoms with E-state index in [1.807, 2.05) is 0 Å². The summed E-state index contributed by atoms with van der Waals surface area (Å²) >= 11 is 0. The van der Waals surface area contributed by atoms with Crippen molar-refractivity contribution in [1.82, 2.24) is 10.2 Å². The number of aromatic carboxylic acids is 1. The molecule has 7 heteroatoms. The van der Waals surface area contributed by atoms with Crippen LogP contribution >= 0.6 is 0 Å². The minimum absolute atomic E-state index is 0.0454. The Kier molecular flexibility index (Phi) is 3.08. The van der Waals surface area contributed by atoms with Gasteiger partial charge in [0, 0.05) is 19.6 Å². The van der Waals surface area contributed by atoms with Gasteiger partial charge in [-0.05, 0) is 12.1 Å². The van der Waals surface area contributed by atoms with E-state index in [1.54, 1.807) is 6.07 Å². The molecule has 1 N–H and O–H groups in total. The molecule has 3 heterocycles. The van der Waals surface area contributed by atoms with Crippen LogP contribution in [0.15, 0.2) is 12.1 Å². The summed E-state index contributed by atoms with van der Waals surface area (Å²) in [5, 5.41) is 16.5. The Morgan fingerprint density at radius 1 is 1.37 bits per heavy atom. The molecule has 7 nitrogen and oxygen atoms in total. The molecule has 1 aromatic heterocycles. The highest BCUT2D eigenvalue weighted by atomic mass is 16.6. The van der Waals surface area contributed by atoms with Gasteiger partial charge in [0.15, 0.2) is 11.5 Å². The van der Waals surface area contributed by atoms with Crippen molar-refractivity contribution in [2.75, 3.05) is 37.8 Å². The topological polar surface area (TPSA) is 84.8 Å². The van der Waals surface area contributed by atoms with E-state index in [2.05, 4.69) is 15.1 Å². The second-order valence-corrected chi connectivity index (χ2v) is 4.84. The second kappa shape index (κ2) is 4.75. The first kappa shape index (κ1) is 12.3. The molecule has 0 saturated carbocycles. The number of hydrogen-bond donors (Lipinski definition) is 1. The number of nitrogens with zero attached hydrogens (tertiary/aromatic N) is 3. The minimum atomic E-state index is -1.07. The standard InChI is InChI=1S/C12H15N3O4/c16-11(17)9-1-2-10(14-13-9)15-4-6-19-12(7-15)3-5-18-8-12/h1-2H,3-8H2,(H,16,17). The maximum atomic E-state index is 10.7. The van der Waals surface area contributed by atoms with Gasteiger partial charge < -0.3 is 19.5 Å². The van der Waals surface area contributed by atoms with Crippen LogP contribution in [0.4, 0.5) is 5.82 Å². The van der Waals surface area contributed by atoms with Crippen molar-refractivity contribution >= 4 is 11.8 Å². The van der Waals surface area contributed by atoms with E-state index in [9.17, 15) is 4.79 Å². The summed E-state index contributed by atoms with van der Waals surface area (Å²) in [7, 11) is 0. The summed E-state index contributed by atoms with van der Waals surface area (Å²) in [6.45, 7) is 3.37. The van der Waals surface area contributed by atoms with E-state index in [1.165, 1.54) is 6.07 Å². The third-order valence-corrected chi connectivity index (χ3v) is 3.51. The van der Waals surface area contributed by atoms with Gasteiger partial charge in [0.25, 0.3) is 0 Å². The maximum Gasteiger partial charge on any atom is 0.356 e. The molecule has 0 bridgehead atoms. The van der Waals surface area contributed by atoms with Crippen molar-refractivity contribution in [2.24, 2.45) is 0 Å². The highest BCUT2D eigenvalue weighted by Crippen LogP contribution is 2.29. The Balaban J connectivity index is 1.76. The monoisotopic (exact) mass is 265 g/mol. The zero-order valence-corrected chi connectivity index (χ0v) is 10.4. The molecule has 2 fully saturated rings. The molecule has 1 aromatic rings. The number of aromatic nitrogens is 2. The number of hydrogen-bond acceptors (Lipinski definition) is 6. The summed E-state index contributed by atoms with van der Waals surface area (Å²) in [5.41, 5.74) is -0.290. The van der Waals surface area contributed by atoms with Gasteiger partial charge in [0.1, 0.15) is 5.60 Å². The summed E-state index contributed by atoms with van der Waals surface area (Å²) in [6, 6.07) is 3.16. The van der Waals surface area contributed by atoms with Crippen molar-refractivity contribution < 1.29 is 19.4 Å². The molecular weight excluding hydrogens is 250 g/mol. The molecule has 3 rings (SSSR count). The summed E-state index contributed by atoms with van der Waals surface area (Å²) in [6.07, 6.45) is 0.879. The average Bonchev–Trinajstić information content (AvgIpc) is 2.87. The third-order valence-electron chi connectivity index (χ3n) is 3.51. The quantitative estimate of drug-likeness (QED) is 0.815. The zero-order chi connectivity index (χ0) is 13.3. The first-order valence-electron chi connectivity index (χ1n) is 6.22. The van der Waals surface area contributed by atoms with Crippen molar-refractivity contribution in [2.45, 2.75) is 12.0 Å². The van der Waals surface area contributed by atoms with Crippen LogP contribution in [0, 0.1) is 0 Å². The maximum absolute atomic E-state index is 10.7. The second-order valence-electron chi connectivity index (χ2n) is 4.84. The van der Waals surface area contributed by atoms with Gasteiger partial charge in [-0.1, -0.05) is 0 Å². The molecule has 2 saturated heterocycles. The van der Waals surface area contributed by atoms with Gasteiger partial charge in [-0.3, -0.25) is 0 Å². The number of carbonyl (C=O) groups is 1. The highest BCUT2D eigenvalue weighted by molar-refractivity contribution is 5.85. The molecule has 0 aromatic carbocycles. The summed E-state index contributed by atoms with van der Waals surface area (Å²) in [4.78, 5) is 12.8. The largest absolute Gasteiger partial charge is 0.476 e. The van der Waals surface area contributed by atoms with Crippen LogP contribution in [0.2, 0.25) is 0 Å². The van der Waals surface area contributed by atoms with E-state index < -0.39 is 5.97 Å². The molecule has 19 heavy (non-hydrogen) atoms. The van der Waals surface area contributed by atoms with E-state index in [-0.39, 0.29) is 11.3 Å². The predicted octanol–water partition coefficient (Wildman–Crippen LogP) is 0.170. The van der Waals surface area contributed by atoms with E-state index in [0.29, 0.717) is 25.6 Å². The Morgan fingerprint density at radius 3 is 2.89 bits per heavy atom. The Labute approximate surface area is 110 Å². The lowest BCUT2D eigenvalue weighted by atomic mass is 10.0. The van der Waals surface area contributed by atoms with Gasteiger partial charge >= 0.3 is 5.97 Å². The fraction of sp³-hybridized carbons (Fsp3) is 0.583. The van der Waals surface area contributed by atoms with E-state index >= 15 is 0 Å². The first-order valence-corrected chi connectivity index (χ1v) is 6.22. The number of rotatable bonds is 2. The number of ether oxygens (including phenoxy) is 2. The molecule has 2 aliphatic heterocycles. The summed E-state index contributed by atoms with van der Waals surface area (Å²) in [5.74, 6) is -0.388. The van der Waals surface area contributed by atoms with Crippen LogP contribution in [-0.4, -0.2) is 59.8 Å². The van der Waals surface area contributed by atoms with Crippen LogP contribution in [0.5, 0.6) is 0 Å². The lowest BCUT2D eigenvalue weighted by Gasteiger charge is -2.39. The fourth-order valence-electron chi connectivity index (χ4n) is 2.48. The highest BCUT2D eigenvalue weighted by Gasteiger charge is 2.40. The van der Waals surface area contributed by atoms with Gasteiger partial charge in [0.2, 0.25) is 0 Å². The molecule has 102 valence electrons. The SMILES string of the molecule is O=C(O)c1ccc(N2CCOC3(CCOC3)C2)nn1. The lowest BCUT2D eigenvalue weighted by molar-refractivity contribution is -0.0581. The molecule has 1 spiro atoms. The van der Waals surface area contributed by atoms with E-state index in [4.69, 9.17) is 14.6 Å². The lowest BCUT2D eigenvalue weighted by Crippen LogP contribution is -2.52. The minimum Gasteiger partial charge on any atom is -0.476 e. The van der Waals surface area contributed by atoms with Crippen molar-refractivity contribution in [3.63, 3.8) is 0 Å². The predicted molar refractivity (Wildman–Crippen MR) is 65.3 cm³/mol. The molecule has 1 atom stereocenters.